The summed E-state index contributed by atoms with van der Waals surface area (Å²) in [4.78, 5) is 13.3. The first-order valence-corrected chi connectivity index (χ1v) is 8.45. The zero-order valence-corrected chi connectivity index (χ0v) is 13.8. The van der Waals surface area contributed by atoms with Crippen LogP contribution in [0.2, 0.25) is 5.02 Å². The summed E-state index contributed by atoms with van der Waals surface area (Å²) >= 11 is 11.2. The quantitative estimate of drug-likeness (QED) is 0.838. The van der Waals surface area contributed by atoms with Gasteiger partial charge in [0.25, 0.3) is 0 Å². The van der Waals surface area contributed by atoms with E-state index in [0.29, 0.717) is 6.54 Å². The van der Waals surface area contributed by atoms with Gasteiger partial charge in [-0.15, -0.1) is 11.3 Å². The first-order valence-electron chi connectivity index (χ1n) is 6.40. The van der Waals surface area contributed by atoms with Crippen LogP contribution in [0.15, 0.2) is 40.2 Å². The first kappa shape index (κ1) is 14.1. The summed E-state index contributed by atoms with van der Waals surface area (Å²) in [7, 11) is 0. The third-order valence-electron chi connectivity index (χ3n) is 3.49. The predicted octanol–water partition coefficient (Wildman–Crippen LogP) is 4.58. The molecule has 1 aromatic carbocycles. The number of hydrogen-bond acceptors (Lipinski definition) is 2. The van der Waals surface area contributed by atoms with E-state index in [1.54, 1.807) is 11.3 Å². The Morgan fingerprint density at radius 1 is 1.45 bits per heavy atom. The summed E-state index contributed by atoms with van der Waals surface area (Å²) < 4.78 is 1.06. The number of nitrogens with one attached hydrogen (secondary N) is 1. The average molecular weight is 371 g/mol. The van der Waals surface area contributed by atoms with Crippen molar-refractivity contribution in [1.82, 2.24) is 5.32 Å². The highest BCUT2D eigenvalue weighted by Crippen LogP contribution is 2.49. The van der Waals surface area contributed by atoms with E-state index in [9.17, 15) is 4.79 Å². The fraction of sp³-hybridized carbons (Fsp3) is 0.267. The van der Waals surface area contributed by atoms with Gasteiger partial charge in [0.2, 0.25) is 5.91 Å². The second kappa shape index (κ2) is 5.88. The van der Waals surface area contributed by atoms with Crippen LogP contribution >= 0.6 is 38.9 Å². The van der Waals surface area contributed by atoms with Gasteiger partial charge in [-0.2, -0.15) is 0 Å². The predicted molar refractivity (Wildman–Crippen MR) is 86.2 cm³/mol. The van der Waals surface area contributed by atoms with Crippen molar-refractivity contribution >= 4 is 44.8 Å². The van der Waals surface area contributed by atoms with E-state index in [0.717, 1.165) is 26.4 Å². The zero-order valence-electron chi connectivity index (χ0n) is 10.6. The lowest BCUT2D eigenvalue weighted by Gasteiger charge is -2.04. The topological polar surface area (TPSA) is 29.1 Å². The third-order valence-corrected chi connectivity index (χ3v) is 5.53. The van der Waals surface area contributed by atoms with E-state index < -0.39 is 0 Å². The molecular formula is C15H13BrClNOS. The van der Waals surface area contributed by atoms with E-state index in [4.69, 9.17) is 11.6 Å². The second-order valence-corrected chi connectivity index (χ2v) is 7.24. The molecule has 1 aliphatic carbocycles. The van der Waals surface area contributed by atoms with Gasteiger partial charge in [0.15, 0.2) is 0 Å². The molecule has 1 saturated carbocycles. The maximum atomic E-state index is 12.1. The maximum absolute atomic E-state index is 12.1. The van der Waals surface area contributed by atoms with Crippen LogP contribution in [0.3, 0.4) is 0 Å². The van der Waals surface area contributed by atoms with E-state index in [2.05, 4.69) is 21.2 Å². The van der Waals surface area contributed by atoms with Crippen LogP contribution in [0.4, 0.5) is 0 Å². The van der Waals surface area contributed by atoms with Crippen LogP contribution in [-0.4, -0.2) is 5.91 Å². The smallest absolute Gasteiger partial charge is 0.224 e. The number of carbonyl (C=O) groups is 1. The number of amides is 1. The summed E-state index contributed by atoms with van der Waals surface area (Å²) in [5.41, 5.74) is 1.09. The maximum Gasteiger partial charge on any atom is 0.224 e. The monoisotopic (exact) mass is 369 g/mol. The highest BCUT2D eigenvalue weighted by molar-refractivity contribution is 9.10. The highest BCUT2D eigenvalue weighted by Gasteiger charge is 2.44. The Morgan fingerprint density at radius 2 is 2.25 bits per heavy atom. The minimum absolute atomic E-state index is 0.0679. The standard InChI is InChI=1S/C15H13BrClNOS/c16-9-5-10(20-8-9)7-18-15(19)13-6-12(13)11-3-1-2-4-14(11)17/h1-5,8,12-13H,6-7H2,(H,18,19). The molecule has 1 aliphatic rings. The molecule has 1 aromatic heterocycles. The molecule has 104 valence electrons. The zero-order chi connectivity index (χ0) is 14.1. The Morgan fingerprint density at radius 3 is 2.95 bits per heavy atom. The van der Waals surface area contributed by atoms with Gasteiger partial charge in [-0.3, -0.25) is 4.79 Å². The summed E-state index contributed by atoms with van der Waals surface area (Å²) in [6.45, 7) is 0.598. The highest BCUT2D eigenvalue weighted by atomic mass is 79.9. The molecule has 2 atom stereocenters. The molecule has 1 fully saturated rings. The summed E-state index contributed by atoms with van der Waals surface area (Å²) in [6, 6.07) is 9.81. The van der Waals surface area contributed by atoms with Crippen LogP contribution in [0.5, 0.6) is 0 Å². The van der Waals surface area contributed by atoms with Crippen molar-refractivity contribution < 1.29 is 4.79 Å². The van der Waals surface area contributed by atoms with Gasteiger partial charge in [0.05, 0.1) is 6.54 Å². The van der Waals surface area contributed by atoms with E-state index >= 15 is 0 Å². The van der Waals surface area contributed by atoms with Crippen molar-refractivity contribution in [2.45, 2.75) is 18.9 Å². The number of halogens is 2. The minimum Gasteiger partial charge on any atom is -0.351 e. The van der Waals surface area contributed by atoms with Gasteiger partial charge in [-0.05, 0) is 46.0 Å². The molecule has 2 unspecified atom stereocenters. The molecule has 0 saturated heterocycles. The molecule has 20 heavy (non-hydrogen) atoms. The molecule has 1 N–H and O–H groups in total. The molecule has 1 amide bonds. The minimum atomic E-state index is 0.0679. The number of benzene rings is 1. The lowest BCUT2D eigenvalue weighted by molar-refractivity contribution is -0.122. The number of thiophene rings is 1. The average Bonchev–Trinajstić information content (AvgIpc) is 3.12. The molecule has 0 spiro atoms. The lowest BCUT2D eigenvalue weighted by atomic mass is 10.1. The fourth-order valence-electron chi connectivity index (χ4n) is 2.36. The molecule has 0 bridgehead atoms. The molecule has 2 aromatic rings. The third kappa shape index (κ3) is 3.08. The molecule has 5 heteroatoms. The molecule has 2 nitrogen and oxygen atoms in total. The van der Waals surface area contributed by atoms with E-state index in [1.165, 1.54) is 0 Å². The SMILES string of the molecule is O=C(NCc1cc(Br)cs1)C1CC1c1ccccc1Cl. The second-order valence-electron chi connectivity index (χ2n) is 4.92. The van der Waals surface area contributed by atoms with Gasteiger partial charge in [-0.25, -0.2) is 0 Å². The Kier molecular flexibility index (Phi) is 4.15. The van der Waals surface area contributed by atoms with Crippen LogP contribution in [0.1, 0.15) is 22.8 Å². The number of hydrogen-bond donors (Lipinski definition) is 1. The van der Waals surface area contributed by atoms with E-state index in [-0.39, 0.29) is 17.7 Å². The van der Waals surface area contributed by atoms with Crippen molar-refractivity contribution in [2.75, 3.05) is 0 Å². The van der Waals surface area contributed by atoms with Gasteiger partial charge in [0.1, 0.15) is 0 Å². The Balaban J connectivity index is 1.56. The van der Waals surface area contributed by atoms with Gasteiger partial charge < -0.3 is 5.32 Å². The van der Waals surface area contributed by atoms with Gasteiger partial charge in [0, 0.05) is 25.7 Å². The van der Waals surface area contributed by atoms with Crippen molar-refractivity contribution in [3.8, 4) is 0 Å². The van der Waals surface area contributed by atoms with Crippen molar-refractivity contribution in [3.63, 3.8) is 0 Å². The Hall–Kier alpha value is -0.840. The Labute approximate surface area is 135 Å². The van der Waals surface area contributed by atoms with E-state index in [1.807, 2.05) is 35.7 Å². The number of rotatable bonds is 4. The van der Waals surface area contributed by atoms with Gasteiger partial charge >= 0.3 is 0 Å². The van der Waals surface area contributed by atoms with Crippen molar-refractivity contribution in [3.05, 3.63) is 55.6 Å². The summed E-state index contributed by atoms with van der Waals surface area (Å²) in [5, 5.41) is 5.78. The van der Waals surface area contributed by atoms with Crippen LogP contribution < -0.4 is 5.32 Å². The van der Waals surface area contributed by atoms with Crippen LogP contribution in [0.25, 0.3) is 0 Å². The van der Waals surface area contributed by atoms with Crippen LogP contribution in [-0.2, 0) is 11.3 Å². The first-order chi connectivity index (χ1) is 9.65. The van der Waals surface area contributed by atoms with Crippen molar-refractivity contribution in [1.29, 1.82) is 0 Å². The van der Waals surface area contributed by atoms with Crippen molar-refractivity contribution in [2.24, 2.45) is 5.92 Å². The fourth-order valence-corrected chi connectivity index (χ4v) is 4.02. The molecule has 0 aliphatic heterocycles. The molecule has 3 rings (SSSR count). The molecular weight excluding hydrogens is 358 g/mol. The normalized spacial score (nSPS) is 20.7. The lowest BCUT2D eigenvalue weighted by Crippen LogP contribution is -2.24. The van der Waals surface area contributed by atoms with Crippen LogP contribution in [0, 0.1) is 5.92 Å². The molecule has 0 radical (unpaired) electrons. The molecule has 1 heterocycles. The largest absolute Gasteiger partial charge is 0.351 e. The van der Waals surface area contributed by atoms with Gasteiger partial charge in [-0.1, -0.05) is 29.8 Å². The number of carbonyl (C=O) groups excluding carboxylic acids is 1. The summed E-state index contributed by atoms with van der Waals surface area (Å²) in [5.74, 6) is 0.469. The summed E-state index contributed by atoms with van der Waals surface area (Å²) in [6.07, 6.45) is 0.893. The Bertz CT molecular complexity index is 642.